The highest BCUT2D eigenvalue weighted by Gasteiger charge is 2.21. The van der Waals surface area contributed by atoms with Gasteiger partial charge in [-0.3, -0.25) is 14.5 Å². The molecule has 0 spiro atoms. The summed E-state index contributed by atoms with van der Waals surface area (Å²) in [7, 11) is 0. The van der Waals surface area contributed by atoms with E-state index in [0.717, 1.165) is 4.90 Å². The van der Waals surface area contributed by atoms with Crippen LogP contribution in [-0.4, -0.2) is 22.6 Å². The Balaban J connectivity index is 1.60. The highest BCUT2D eigenvalue weighted by Crippen LogP contribution is 2.30. The number of esters is 1. The maximum Gasteiger partial charge on any atom is 0.316 e. The van der Waals surface area contributed by atoms with Gasteiger partial charge in [0.2, 0.25) is 5.91 Å². The van der Waals surface area contributed by atoms with Gasteiger partial charge in [-0.25, -0.2) is 9.37 Å². The quantitative estimate of drug-likeness (QED) is 0.409. The second-order valence-corrected chi connectivity index (χ2v) is 7.57. The standard InChI is InChI=1S/C20H17FN2O3S2/c1-14(24)23(18-10-6-5-9-17(18)21)20-22-15(12-28-20)11-26-19(25)13-27-16-7-3-2-4-8-16/h2-10,12H,11,13H2,1H3. The average Bonchev–Trinajstić information content (AvgIpc) is 3.15. The molecule has 3 rings (SSSR count). The first-order chi connectivity index (χ1) is 13.5. The molecular weight excluding hydrogens is 399 g/mol. The fraction of sp³-hybridized carbons (Fsp3) is 0.150. The fourth-order valence-electron chi connectivity index (χ4n) is 2.36. The van der Waals surface area contributed by atoms with E-state index in [-0.39, 0.29) is 29.9 Å². The molecule has 1 aromatic heterocycles. The number of ether oxygens (including phenoxy) is 1. The molecule has 8 heteroatoms. The maximum atomic E-state index is 14.1. The van der Waals surface area contributed by atoms with Gasteiger partial charge >= 0.3 is 5.97 Å². The number of halogens is 1. The van der Waals surface area contributed by atoms with Crippen molar-refractivity contribution >= 4 is 45.8 Å². The summed E-state index contributed by atoms with van der Waals surface area (Å²) in [5.74, 6) is -1.04. The smallest absolute Gasteiger partial charge is 0.316 e. The second-order valence-electron chi connectivity index (χ2n) is 5.69. The zero-order valence-electron chi connectivity index (χ0n) is 15.0. The third-order valence-electron chi connectivity index (χ3n) is 3.62. The van der Waals surface area contributed by atoms with Gasteiger partial charge in [-0.15, -0.1) is 23.1 Å². The van der Waals surface area contributed by atoms with Crippen LogP contribution in [0.5, 0.6) is 0 Å². The largest absolute Gasteiger partial charge is 0.459 e. The SMILES string of the molecule is CC(=O)N(c1nc(COC(=O)CSc2ccccc2)cs1)c1ccccc1F. The lowest BCUT2D eigenvalue weighted by molar-refractivity contribution is -0.141. The number of aromatic nitrogens is 1. The van der Waals surface area contributed by atoms with Crippen LogP contribution < -0.4 is 4.90 Å². The number of benzene rings is 2. The minimum absolute atomic E-state index is 0.00625. The van der Waals surface area contributed by atoms with Gasteiger partial charge in [0, 0.05) is 17.2 Å². The molecule has 0 saturated heterocycles. The molecule has 0 aliphatic carbocycles. The molecule has 0 fully saturated rings. The number of para-hydroxylation sites is 1. The molecule has 0 aliphatic heterocycles. The first-order valence-corrected chi connectivity index (χ1v) is 10.2. The van der Waals surface area contributed by atoms with Gasteiger partial charge in [-0.2, -0.15) is 0 Å². The molecule has 144 valence electrons. The zero-order valence-corrected chi connectivity index (χ0v) is 16.6. The number of hydrogen-bond donors (Lipinski definition) is 0. The molecular formula is C20H17FN2O3S2. The minimum atomic E-state index is -0.515. The van der Waals surface area contributed by atoms with Crippen LogP contribution in [0.25, 0.3) is 0 Å². The van der Waals surface area contributed by atoms with E-state index in [9.17, 15) is 14.0 Å². The van der Waals surface area contributed by atoms with E-state index >= 15 is 0 Å². The summed E-state index contributed by atoms with van der Waals surface area (Å²) in [5, 5.41) is 2.01. The van der Waals surface area contributed by atoms with Crippen LogP contribution in [0.3, 0.4) is 0 Å². The van der Waals surface area contributed by atoms with Gasteiger partial charge in [0.15, 0.2) is 5.13 Å². The molecule has 0 bridgehead atoms. The van der Waals surface area contributed by atoms with Gasteiger partial charge in [0.1, 0.15) is 12.4 Å². The molecule has 5 nitrogen and oxygen atoms in total. The molecule has 0 radical (unpaired) electrons. The van der Waals surface area contributed by atoms with Crippen molar-refractivity contribution in [2.24, 2.45) is 0 Å². The van der Waals surface area contributed by atoms with E-state index in [0.29, 0.717) is 10.8 Å². The Morgan fingerprint density at radius 3 is 2.57 bits per heavy atom. The molecule has 28 heavy (non-hydrogen) atoms. The Morgan fingerprint density at radius 2 is 1.86 bits per heavy atom. The summed E-state index contributed by atoms with van der Waals surface area (Å²) in [6, 6.07) is 15.6. The molecule has 0 saturated carbocycles. The Labute approximate surface area is 170 Å². The number of rotatable bonds is 7. The van der Waals surface area contributed by atoms with Crippen molar-refractivity contribution in [1.82, 2.24) is 4.98 Å². The van der Waals surface area contributed by atoms with Crippen molar-refractivity contribution in [2.45, 2.75) is 18.4 Å². The molecule has 2 aromatic carbocycles. The third-order valence-corrected chi connectivity index (χ3v) is 5.48. The highest BCUT2D eigenvalue weighted by atomic mass is 32.2. The van der Waals surface area contributed by atoms with Crippen molar-refractivity contribution in [3.63, 3.8) is 0 Å². The van der Waals surface area contributed by atoms with Crippen molar-refractivity contribution < 1.29 is 18.7 Å². The van der Waals surface area contributed by atoms with Crippen molar-refractivity contribution in [3.05, 3.63) is 71.5 Å². The molecule has 0 aliphatic rings. The molecule has 0 N–H and O–H groups in total. The predicted octanol–water partition coefficient (Wildman–Crippen LogP) is 4.80. The van der Waals surface area contributed by atoms with E-state index in [2.05, 4.69) is 4.98 Å². The summed E-state index contributed by atoms with van der Waals surface area (Å²) >= 11 is 2.57. The van der Waals surface area contributed by atoms with E-state index < -0.39 is 5.82 Å². The number of amides is 1. The number of anilines is 2. The third kappa shape index (κ3) is 5.17. The number of nitrogens with zero attached hydrogens (tertiary/aromatic N) is 2. The van der Waals surface area contributed by atoms with Gasteiger partial charge < -0.3 is 4.74 Å². The van der Waals surface area contributed by atoms with E-state index in [1.165, 1.54) is 47.1 Å². The Kier molecular flexibility index (Phi) is 6.78. The normalized spacial score (nSPS) is 10.5. The van der Waals surface area contributed by atoms with Crippen LogP contribution in [0.15, 0.2) is 64.9 Å². The second kappa shape index (κ2) is 9.48. The lowest BCUT2D eigenvalue weighted by Crippen LogP contribution is -2.23. The summed E-state index contributed by atoms with van der Waals surface area (Å²) in [6.45, 7) is 1.34. The van der Waals surface area contributed by atoms with E-state index in [4.69, 9.17) is 4.74 Å². The lowest BCUT2D eigenvalue weighted by Gasteiger charge is -2.18. The van der Waals surface area contributed by atoms with Crippen LogP contribution in [0, 0.1) is 5.82 Å². The Morgan fingerprint density at radius 1 is 1.14 bits per heavy atom. The van der Waals surface area contributed by atoms with Crippen LogP contribution in [0.1, 0.15) is 12.6 Å². The first kappa shape index (κ1) is 20.0. The molecule has 1 amide bonds. The van der Waals surface area contributed by atoms with Crippen molar-refractivity contribution in [2.75, 3.05) is 10.7 Å². The summed E-state index contributed by atoms with van der Waals surface area (Å²) in [6.07, 6.45) is 0. The zero-order chi connectivity index (χ0) is 19.9. The van der Waals surface area contributed by atoms with Crippen molar-refractivity contribution in [1.29, 1.82) is 0 Å². The molecule has 3 aromatic rings. The topological polar surface area (TPSA) is 59.5 Å². The van der Waals surface area contributed by atoms with E-state index in [1.807, 2.05) is 30.3 Å². The van der Waals surface area contributed by atoms with Crippen LogP contribution in [0.2, 0.25) is 0 Å². The summed E-state index contributed by atoms with van der Waals surface area (Å²) in [5.41, 5.74) is 0.632. The first-order valence-electron chi connectivity index (χ1n) is 8.37. The van der Waals surface area contributed by atoms with Gasteiger partial charge in [0.05, 0.1) is 17.1 Å². The molecule has 0 unspecified atom stereocenters. The maximum absolute atomic E-state index is 14.1. The molecule has 0 atom stereocenters. The number of thiazole rings is 1. The minimum Gasteiger partial charge on any atom is -0.459 e. The van der Waals surface area contributed by atoms with Gasteiger partial charge in [0.25, 0.3) is 0 Å². The number of hydrogen-bond acceptors (Lipinski definition) is 6. The van der Waals surface area contributed by atoms with Gasteiger partial charge in [-0.05, 0) is 24.3 Å². The van der Waals surface area contributed by atoms with Gasteiger partial charge in [-0.1, -0.05) is 30.3 Å². The fourth-order valence-corrected chi connectivity index (χ4v) is 3.94. The summed E-state index contributed by atoms with van der Waals surface area (Å²) in [4.78, 5) is 30.5. The molecule has 1 heterocycles. The highest BCUT2D eigenvalue weighted by molar-refractivity contribution is 8.00. The van der Waals surface area contributed by atoms with Crippen LogP contribution in [-0.2, 0) is 20.9 Å². The van der Waals surface area contributed by atoms with E-state index in [1.54, 1.807) is 17.5 Å². The lowest BCUT2D eigenvalue weighted by atomic mass is 10.3. The number of carbonyl (C=O) groups excluding carboxylic acids is 2. The van der Waals surface area contributed by atoms with Crippen LogP contribution in [0.4, 0.5) is 15.2 Å². The number of carbonyl (C=O) groups is 2. The van der Waals surface area contributed by atoms with Crippen molar-refractivity contribution in [3.8, 4) is 0 Å². The Hall–Kier alpha value is -2.71. The number of thioether (sulfide) groups is 1. The monoisotopic (exact) mass is 416 g/mol. The van der Waals surface area contributed by atoms with Crippen LogP contribution >= 0.6 is 23.1 Å². The average molecular weight is 416 g/mol. The predicted molar refractivity (Wildman–Crippen MR) is 108 cm³/mol. The Bertz CT molecular complexity index is 963. The summed E-state index contributed by atoms with van der Waals surface area (Å²) < 4.78 is 19.3.